The summed E-state index contributed by atoms with van der Waals surface area (Å²) < 4.78 is 5.29. The van der Waals surface area contributed by atoms with Crippen molar-refractivity contribution in [3.05, 3.63) is 0 Å². The molecule has 2 atom stereocenters. The second kappa shape index (κ2) is 7.63. The van der Waals surface area contributed by atoms with Crippen molar-refractivity contribution in [2.24, 2.45) is 11.8 Å². The summed E-state index contributed by atoms with van der Waals surface area (Å²) in [4.78, 5) is 11.6. The van der Waals surface area contributed by atoms with E-state index in [1.54, 1.807) is 0 Å². The molecule has 4 nitrogen and oxygen atoms in total. The number of carbonyl (C=O) groups excluding carboxylic acids is 1. The van der Waals surface area contributed by atoms with Gasteiger partial charge in [-0.1, -0.05) is 13.8 Å². The maximum atomic E-state index is 11.6. The maximum Gasteiger partial charge on any atom is 0.224 e. The van der Waals surface area contributed by atoms with Crippen LogP contribution >= 0.6 is 0 Å². The van der Waals surface area contributed by atoms with Gasteiger partial charge >= 0.3 is 0 Å². The fraction of sp³-hybridized carbons (Fsp3) is 0.917. The summed E-state index contributed by atoms with van der Waals surface area (Å²) in [7, 11) is 0. The lowest BCUT2D eigenvalue weighted by atomic mass is 10.1. The molecule has 2 N–H and O–H groups in total. The van der Waals surface area contributed by atoms with Crippen molar-refractivity contribution < 1.29 is 9.53 Å². The van der Waals surface area contributed by atoms with Gasteiger partial charge in [0.2, 0.25) is 5.91 Å². The van der Waals surface area contributed by atoms with Crippen LogP contribution in [0, 0.1) is 11.8 Å². The highest BCUT2D eigenvalue weighted by atomic mass is 16.5. The van der Waals surface area contributed by atoms with Gasteiger partial charge in [0.25, 0.3) is 0 Å². The minimum absolute atomic E-state index is 0.0554. The van der Waals surface area contributed by atoms with Crippen molar-refractivity contribution in [3.8, 4) is 0 Å². The summed E-state index contributed by atoms with van der Waals surface area (Å²) in [6.07, 6.45) is 2.18. The van der Waals surface area contributed by atoms with Crippen molar-refractivity contribution in [3.63, 3.8) is 0 Å². The van der Waals surface area contributed by atoms with Gasteiger partial charge in [0.05, 0.1) is 0 Å². The van der Waals surface area contributed by atoms with Crippen LogP contribution in [0.15, 0.2) is 0 Å². The molecule has 0 radical (unpaired) electrons. The summed E-state index contributed by atoms with van der Waals surface area (Å²) in [6.45, 7) is 8.20. The molecule has 1 heterocycles. The van der Waals surface area contributed by atoms with E-state index in [1.165, 1.54) is 0 Å². The van der Waals surface area contributed by atoms with E-state index >= 15 is 0 Å². The SMILES string of the molecule is CCNCC(C)C(=O)NCCC1CCOC1. The molecular weight excluding hydrogens is 204 g/mol. The molecule has 16 heavy (non-hydrogen) atoms. The molecule has 1 amide bonds. The molecule has 0 saturated carbocycles. The van der Waals surface area contributed by atoms with Crippen LogP contribution in [0.5, 0.6) is 0 Å². The third-order valence-electron chi connectivity index (χ3n) is 3.02. The molecule has 1 aliphatic rings. The van der Waals surface area contributed by atoms with Gasteiger partial charge in [0.15, 0.2) is 0 Å². The Morgan fingerprint density at radius 3 is 3.00 bits per heavy atom. The Bertz CT molecular complexity index is 203. The smallest absolute Gasteiger partial charge is 0.224 e. The van der Waals surface area contributed by atoms with Crippen molar-refractivity contribution >= 4 is 5.91 Å². The zero-order valence-electron chi connectivity index (χ0n) is 10.4. The Hall–Kier alpha value is -0.610. The topological polar surface area (TPSA) is 50.4 Å². The number of hydrogen-bond acceptors (Lipinski definition) is 3. The van der Waals surface area contributed by atoms with E-state index in [-0.39, 0.29) is 11.8 Å². The number of hydrogen-bond donors (Lipinski definition) is 2. The number of rotatable bonds is 7. The predicted octanol–water partition coefficient (Wildman–Crippen LogP) is 0.775. The number of ether oxygens (including phenoxy) is 1. The standard InChI is InChI=1S/C12H24N2O2/c1-3-13-8-10(2)12(15)14-6-4-11-5-7-16-9-11/h10-11,13H,3-9H2,1-2H3,(H,14,15). The summed E-state index contributed by atoms with van der Waals surface area (Å²) in [5.74, 6) is 0.851. The van der Waals surface area contributed by atoms with E-state index in [0.717, 1.165) is 45.7 Å². The van der Waals surface area contributed by atoms with Gasteiger partial charge in [-0.3, -0.25) is 4.79 Å². The normalized spacial score (nSPS) is 22.0. The first-order chi connectivity index (χ1) is 7.74. The highest BCUT2D eigenvalue weighted by molar-refractivity contribution is 5.78. The molecule has 1 rings (SSSR count). The van der Waals surface area contributed by atoms with E-state index in [1.807, 2.05) is 13.8 Å². The van der Waals surface area contributed by atoms with Crippen LogP contribution in [0.1, 0.15) is 26.7 Å². The Labute approximate surface area is 98.1 Å². The first kappa shape index (κ1) is 13.5. The van der Waals surface area contributed by atoms with Crippen molar-refractivity contribution in [2.45, 2.75) is 26.7 Å². The Kier molecular flexibility index (Phi) is 6.42. The lowest BCUT2D eigenvalue weighted by molar-refractivity contribution is -0.124. The number of carbonyl (C=O) groups is 1. The summed E-state index contributed by atoms with van der Waals surface area (Å²) in [5, 5.41) is 6.16. The molecule has 94 valence electrons. The average molecular weight is 228 g/mol. The molecule has 4 heteroatoms. The minimum atomic E-state index is 0.0554. The molecule has 0 aromatic rings. The second-order valence-corrected chi connectivity index (χ2v) is 4.52. The molecule has 1 aliphatic heterocycles. The largest absolute Gasteiger partial charge is 0.381 e. The van der Waals surface area contributed by atoms with Crippen LogP contribution in [0.2, 0.25) is 0 Å². The van der Waals surface area contributed by atoms with Gasteiger partial charge in [-0.15, -0.1) is 0 Å². The Morgan fingerprint density at radius 2 is 2.38 bits per heavy atom. The van der Waals surface area contributed by atoms with Gasteiger partial charge in [-0.2, -0.15) is 0 Å². The summed E-state index contributed by atoms with van der Waals surface area (Å²) in [5.41, 5.74) is 0. The van der Waals surface area contributed by atoms with Crippen LogP contribution in [0.4, 0.5) is 0 Å². The zero-order chi connectivity index (χ0) is 11.8. The second-order valence-electron chi connectivity index (χ2n) is 4.52. The summed E-state index contributed by atoms with van der Waals surface area (Å²) >= 11 is 0. The first-order valence-electron chi connectivity index (χ1n) is 6.30. The molecule has 0 aromatic carbocycles. The molecule has 2 unspecified atom stereocenters. The van der Waals surface area contributed by atoms with Crippen molar-refractivity contribution in [1.82, 2.24) is 10.6 Å². The van der Waals surface area contributed by atoms with Crippen molar-refractivity contribution in [2.75, 3.05) is 32.8 Å². The average Bonchev–Trinajstić information content (AvgIpc) is 2.78. The molecule has 0 bridgehead atoms. The van der Waals surface area contributed by atoms with Gasteiger partial charge < -0.3 is 15.4 Å². The highest BCUT2D eigenvalue weighted by Gasteiger charge is 2.16. The quantitative estimate of drug-likeness (QED) is 0.677. The number of nitrogens with one attached hydrogen (secondary N) is 2. The molecule has 1 saturated heterocycles. The van der Waals surface area contributed by atoms with Crippen LogP contribution < -0.4 is 10.6 Å². The van der Waals surface area contributed by atoms with E-state index in [2.05, 4.69) is 10.6 Å². The predicted molar refractivity (Wildman–Crippen MR) is 64.3 cm³/mol. The summed E-state index contributed by atoms with van der Waals surface area (Å²) in [6, 6.07) is 0. The van der Waals surface area contributed by atoms with Gasteiger partial charge in [-0.25, -0.2) is 0 Å². The highest BCUT2D eigenvalue weighted by Crippen LogP contribution is 2.15. The molecule has 0 aromatic heterocycles. The maximum absolute atomic E-state index is 11.6. The Morgan fingerprint density at radius 1 is 1.56 bits per heavy atom. The van der Waals surface area contributed by atoms with E-state index in [9.17, 15) is 4.79 Å². The van der Waals surface area contributed by atoms with Gasteiger partial charge in [-0.05, 0) is 25.3 Å². The lowest BCUT2D eigenvalue weighted by Crippen LogP contribution is -2.36. The van der Waals surface area contributed by atoms with Gasteiger partial charge in [0, 0.05) is 32.2 Å². The Balaban J connectivity index is 2.04. The first-order valence-corrected chi connectivity index (χ1v) is 6.30. The molecule has 0 spiro atoms. The fourth-order valence-corrected chi connectivity index (χ4v) is 1.84. The van der Waals surface area contributed by atoms with Crippen LogP contribution in [0.3, 0.4) is 0 Å². The monoisotopic (exact) mass is 228 g/mol. The lowest BCUT2D eigenvalue weighted by Gasteiger charge is -2.13. The van der Waals surface area contributed by atoms with E-state index < -0.39 is 0 Å². The van der Waals surface area contributed by atoms with Crippen LogP contribution in [0.25, 0.3) is 0 Å². The fourth-order valence-electron chi connectivity index (χ4n) is 1.84. The zero-order valence-corrected chi connectivity index (χ0v) is 10.4. The number of amides is 1. The third kappa shape index (κ3) is 4.94. The third-order valence-corrected chi connectivity index (χ3v) is 3.02. The van der Waals surface area contributed by atoms with Crippen LogP contribution in [-0.4, -0.2) is 38.8 Å². The van der Waals surface area contributed by atoms with E-state index in [0.29, 0.717) is 5.92 Å². The molecular formula is C12H24N2O2. The molecule has 0 aliphatic carbocycles. The van der Waals surface area contributed by atoms with Gasteiger partial charge in [0.1, 0.15) is 0 Å². The van der Waals surface area contributed by atoms with Crippen molar-refractivity contribution in [1.29, 1.82) is 0 Å². The minimum Gasteiger partial charge on any atom is -0.381 e. The van der Waals surface area contributed by atoms with Crippen LogP contribution in [-0.2, 0) is 9.53 Å². The van der Waals surface area contributed by atoms with E-state index in [4.69, 9.17) is 4.74 Å². The molecule has 1 fully saturated rings.